The zero-order chi connectivity index (χ0) is 16.1. The lowest BCUT2D eigenvalue weighted by molar-refractivity contribution is 0.236. The summed E-state index contributed by atoms with van der Waals surface area (Å²) in [6.45, 7) is 3.71. The summed E-state index contributed by atoms with van der Waals surface area (Å²) in [5, 5.41) is 21.9. The summed E-state index contributed by atoms with van der Waals surface area (Å²) in [6.07, 6.45) is 2.52. The number of amides is 2. The molecule has 3 fully saturated rings. The molecule has 4 atom stereocenters. The lowest BCUT2D eigenvalue weighted by atomic mass is 10.3. The molecule has 0 spiro atoms. The molecule has 0 bridgehead atoms. The highest BCUT2D eigenvalue weighted by Crippen LogP contribution is 2.41. The Hall–Kier alpha value is -2.42. The van der Waals surface area contributed by atoms with Gasteiger partial charge in [-0.1, -0.05) is 0 Å². The molecule has 9 heteroatoms. The molecule has 2 saturated heterocycles. The van der Waals surface area contributed by atoms with Crippen molar-refractivity contribution in [3.05, 3.63) is 18.5 Å². The number of hydrogen-bond acceptors (Lipinski definition) is 6. The maximum Gasteiger partial charge on any atom is 0.315 e. The van der Waals surface area contributed by atoms with Crippen LogP contribution in [-0.4, -0.2) is 64.1 Å². The molecule has 1 saturated carbocycles. The number of piperidine rings is 1. The number of carbonyl (C=O) groups excluding carboxylic acids is 1. The molecule has 2 aromatic heterocycles. The average molecular weight is 328 g/mol. The fourth-order valence-electron chi connectivity index (χ4n) is 3.98. The second-order valence-electron chi connectivity index (χ2n) is 6.89. The van der Waals surface area contributed by atoms with Crippen LogP contribution in [0.2, 0.25) is 0 Å². The second-order valence-corrected chi connectivity index (χ2v) is 6.89. The molecule has 126 valence electrons. The molecule has 1 aliphatic carbocycles. The van der Waals surface area contributed by atoms with E-state index in [0.29, 0.717) is 17.9 Å². The van der Waals surface area contributed by atoms with Crippen LogP contribution in [-0.2, 0) is 0 Å². The van der Waals surface area contributed by atoms with E-state index >= 15 is 0 Å². The van der Waals surface area contributed by atoms with Crippen LogP contribution in [0, 0.1) is 11.8 Å². The van der Waals surface area contributed by atoms with Gasteiger partial charge in [0.15, 0.2) is 5.65 Å². The zero-order valence-electron chi connectivity index (χ0n) is 13.2. The molecule has 5 rings (SSSR count). The summed E-state index contributed by atoms with van der Waals surface area (Å²) in [6, 6.07) is 4.33. The normalized spacial score (nSPS) is 31.2. The molecule has 3 aliphatic rings. The Kier molecular flexibility index (Phi) is 3.09. The predicted molar refractivity (Wildman–Crippen MR) is 86.7 cm³/mol. The third kappa shape index (κ3) is 2.35. The van der Waals surface area contributed by atoms with E-state index in [1.165, 1.54) is 0 Å². The number of nitrogens with one attached hydrogen (secondary N) is 3. The van der Waals surface area contributed by atoms with E-state index < -0.39 is 0 Å². The maximum absolute atomic E-state index is 12.2. The number of carbonyl (C=O) groups is 1. The number of anilines is 1. The molecular weight excluding hydrogens is 308 g/mol. The van der Waals surface area contributed by atoms with Gasteiger partial charge in [-0.05, 0) is 30.4 Å². The first kappa shape index (κ1) is 14.0. The van der Waals surface area contributed by atoms with Gasteiger partial charge in [0.25, 0.3) is 0 Å². The van der Waals surface area contributed by atoms with Crippen LogP contribution < -0.4 is 20.9 Å². The van der Waals surface area contributed by atoms with Crippen molar-refractivity contribution in [3.8, 4) is 0 Å². The molecular formula is C15H20N8O. The van der Waals surface area contributed by atoms with E-state index in [1.807, 2.05) is 12.1 Å². The van der Waals surface area contributed by atoms with Gasteiger partial charge in [0, 0.05) is 38.3 Å². The van der Waals surface area contributed by atoms with Crippen molar-refractivity contribution in [2.24, 2.45) is 11.8 Å². The Morgan fingerprint density at radius 2 is 2.12 bits per heavy atom. The molecule has 2 amide bonds. The van der Waals surface area contributed by atoms with Crippen molar-refractivity contribution in [3.63, 3.8) is 0 Å². The van der Waals surface area contributed by atoms with Crippen LogP contribution in [0.3, 0.4) is 0 Å². The van der Waals surface area contributed by atoms with Gasteiger partial charge in [-0.15, -0.1) is 15.3 Å². The Morgan fingerprint density at radius 1 is 1.25 bits per heavy atom. The summed E-state index contributed by atoms with van der Waals surface area (Å²) in [5.74, 6) is 2.15. The van der Waals surface area contributed by atoms with Crippen molar-refractivity contribution >= 4 is 17.5 Å². The van der Waals surface area contributed by atoms with E-state index in [4.69, 9.17) is 0 Å². The lowest BCUT2D eigenvalue weighted by Gasteiger charge is -2.18. The third-order valence-electron chi connectivity index (χ3n) is 5.38. The van der Waals surface area contributed by atoms with Crippen LogP contribution in [0.5, 0.6) is 0 Å². The number of fused-ring (bicyclic) bond motifs is 2. The van der Waals surface area contributed by atoms with E-state index in [-0.39, 0.29) is 12.1 Å². The summed E-state index contributed by atoms with van der Waals surface area (Å²) < 4.78 is 1.67. The number of nitrogens with zero attached hydrogens (tertiary/aromatic N) is 5. The Balaban J connectivity index is 1.17. The van der Waals surface area contributed by atoms with E-state index in [1.54, 1.807) is 10.8 Å². The number of rotatable bonds is 3. The van der Waals surface area contributed by atoms with E-state index in [2.05, 4.69) is 36.1 Å². The van der Waals surface area contributed by atoms with E-state index in [9.17, 15) is 4.79 Å². The van der Waals surface area contributed by atoms with Crippen molar-refractivity contribution in [2.75, 3.05) is 31.1 Å². The third-order valence-corrected chi connectivity index (χ3v) is 5.38. The Bertz CT molecular complexity index is 766. The van der Waals surface area contributed by atoms with Gasteiger partial charge in [0.05, 0.1) is 0 Å². The molecule has 4 heterocycles. The van der Waals surface area contributed by atoms with Gasteiger partial charge in [0.1, 0.15) is 12.1 Å². The summed E-state index contributed by atoms with van der Waals surface area (Å²) in [4.78, 5) is 14.3. The van der Waals surface area contributed by atoms with Gasteiger partial charge in [0.2, 0.25) is 0 Å². The molecule has 24 heavy (non-hydrogen) atoms. The fourth-order valence-corrected chi connectivity index (χ4v) is 3.98. The Labute approximate surface area is 138 Å². The van der Waals surface area contributed by atoms with E-state index in [0.717, 1.165) is 44.1 Å². The highest BCUT2D eigenvalue weighted by molar-refractivity contribution is 5.75. The van der Waals surface area contributed by atoms with Gasteiger partial charge >= 0.3 is 6.03 Å². The number of aromatic nitrogens is 4. The minimum Gasteiger partial charge on any atom is -0.353 e. The monoisotopic (exact) mass is 328 g/mol. The van der Waals surface area contributed by atoms with Crippen LogP contribution in [0.4, 0.5) is 10.6 Å². The molecule has 2 aromatic rings. The molecule has 3 N–H and O–H groups in total. The van der Waals surface area contributed by atoms with Gasteiger partial charge in [-0.3, -0.25) is 0 Å². The zero-order valence-corrected chi connectivity index (χ0v) is 13.2. The van der Waals surface area contributed by atoms with Gasteiger partial charge in [-0.2, -0.15) is 4.52 Å². The molecule has 2 unspecified atom stereocenters. The standard InChI is InChI=1S/C15H20N8O/c24-15(19-14-10-5-16-6-11(10)14)18-9-3-4-22(7-9)13-2-1-12-20-17-8-23(12)21-13/h1-2,8-11,14,16H,3-7H2,(H2,18,19,24)/t9?,10-,11+,14?. The average Bonchev–Trinajstić information content (AvgIpc) is 3.12. The summed E-state index contributed by atoms with van der Waals surface area (Å²) >= 11 is 0. The quantitative estimate of drug-likeness (QED) is 0.684. The molecule has 0 aromatic carbocycles. The Morgan fingerprint density at radius 3 is 3.00 bits per heavy atom. The number of urea groups is 1. The van der Waals surface area contributed by atoms with Crippen LogP contribution in [0.15, 0.2) is 18.5 Å². The maximum atomic E-state index is 12.2. The van der Waals surface area contributed by atoms with Crippen LogP contribution in [0.25, 0.3) is 5.65 Å². The minimum absolute atomic E-state index is 0.0385. The fraction of sp³-hybridized carbons (Fsp3) is 0.600. The van der Waals surface area contributed by atoms with Crippen molar-refractivity contribution < 1.29 is 4.79 Å². The predicted octanol–water partition coefficient (Wildman–Crippen LogP) is -0.780. The first-order valence-electron chi connectivity index (χ1n) is 8.48. The summed E-state index contributed by atoms with van der Waals surface area (Å²) in [5.41, 5.74) is 0.733. The van der Waals surface area contributed by atoms with Crippen LogP contribution >= 0.6 is 0 Å². The number of hydrogen-bond donors (Lipinski definition) is 3. The van der Waals surface area contributed by atoms with Gasteiger partial charge < -0.3 is 20.9 Å². The molecule has 2 aliphatic heterocycles. The second kappa shape index (κ2) is 5.30. The van der Waals surface area contributed by atoms with Crippen LogP contribution in [0.1, 0.15) is 6.42 Å². The van der Waals surface area contributed by atoms with Crippen molar-refractivity contribution in [2.45, 2.75) is 18.5 Å². The first-order chi connectivity index (χ1) is 11.8. The highest BCUT2D eigenvalue weighted by Gasteiger charge is 2.53. The van der Waals surface area contributed by atoms with Gasteiger partial charge in [-0.25, -0.2) is 4.79 Å². The molecule has 0 radical (unpaired) electrons. The summed E-state index contributed by atoms with van der Waals surface area (Å²) in [7, 11) is 0. The molecule has 9 nitrogen and oxygen atoms in total. The largest absolute Gasteiger partial charge is 0.353 e. The smallest absolute Gasteiger partial charge is 0.315 e. The SMILES string of the molecule is O=C(NC1CCN(c2ccc3nncn3n2)C1)NC1[C@H]2CNC[C@@H]12. The topological polar surface area (TPSA) is 99.5 Å². The first-order valence-corrected chi connectivity index (χ1v) is 8.48. The van der Waals surface area contributed by atoms with Crippen molar-refractivity contribution in [1.29, 1.82) is 0 Å². The lowest BCUT2D eigenvalue weighted by Crippen LogP contribution is -2.45. The highest BCUT2D eigenvalue weighted by atomic mass is 16.2. The van der Waals surface area contributed by atoms with Crippen molar-refractivity contribution in [1.82, 2.24) is 35.8 Å². The minimum atomic E-state index is -0.0385.